The molecule has 3 rings (SSSR count). The van der Waals surface area contributed by atoms with Crippen molar-refractivity contribution in [3.05, 3.63) is 58.9 Å². The Labute approximate surface area is 120 Å². The molecule has 0 aliphatic heterocycles. The second-order valence-corrected chi connectivity index (χ2v) is 5.96. The molecular weight excluding hydrogens is 273 g/mol. The smallest absolute Gasteiger partial charge is 0.125 e. The number of nitrogens with two attached hydrogens (primary N) is 1. The highest BCUT2D eigenvalue weighted by atomic mass is 32.1. The average molecular weight is 287 g/mol. The predicted molar refractivity (Wildman–Crippen MR) is 80.2 cm³/mol. The lowest BCUT2D eigenvalue weighted by Crippen LogP contribution is -2.00. The van der Waals surface area contributed by atoms with Crippen LogP contribution in [0.15, 0.2) is 42.6 Å². The van der Waals surface area contributed by atoms with Crippen molar-refractivity contribution < 1.29 is 4.39 Å². The van der Waals surface area contributed by atoms with Crippen LogP contribution in [0, 0.1) is 12.7 Å². The van der Waals surface area contributed by atoms with Crippen LogP contribution in [0.2, 0.25) is 0 Å². The molecule has 102 valence electrons. The number of anilines is 1. The van der Waals surface area contributed by atoms with Gasteiger partial charge < -0.3 is 5.73 Å². The van der Waals surface area contributed by atoms with E-state index < -0.39 is 0 Å². The van der Waals surface area contributed by atoms with E-state index in [-0.39, 0.29) is 5.82 Å². The van der Waals surface area contributed by atoms with Gasteiger partial charge in [0.2, 0.25) is 0 Å². The lowest BCUT2D eigenvalue weighted by Gasteiger charge is -2.01. The van der Waals surface area contributed by atoms with E-state index in [1.807, 2.05) is 12.3 Å². The maximum absolute atomic E-state index is 12.9. The van der Waals surface area contributed by atoms with Crippen molar-refractivity contribution in [3.8, 4) is 10.6 Å². The Bertz CT molecular complexity index is 728. The maximum Gasteiger partial charge on any atom is 0.125 e. The van der Waals surface area contributed by atoms with Crippen LogP contribution >= 0.6 is 11.3 Å². The number of benzene rings is 1. The number of thiophene rings is 1. The highest BCUT2D eigenvalue weighted by Crippen LogP contribution is 2.30. The van der Waals surface area contributed by atoms with Gasteiger partial charge in [-0.3, -0.25) is 4.68 Å². The van der Waals surface area contributed by atoms with E-state index in [2.05, 4.69) is 18.1 Å². The lowest BCUT2D eigenvalue weighted by molar-refractivity contribution is 0.624. The van der Waals surface area contributed by atoms with Gasteiger partial charge in [-0.05, 0) is 36.8 Å². The van der Waals surface area contributed by atoms with Crippen molar-refractivity contribution in [1.29, 1.82) is 0 Å². The summed E-state index contributed by atoms with van der Waals surface area (Å²) in [5.74, 6) is -0.233. The maximum atomic E-state index is 12.9. The first-order valence-corrected chi connectivity index (χ1v) is 7.07. The number of rotatable bonds is 3. The van der Waals surface area contributed by atoms with Gasteiger partial charge in [-0.2, -0.15) is 5.10 Å². The summed E-state index contributed by atoms with van der Waals surface area (Å²) in [5, 5.41) is 4.52. The van der Waals surface area contributed by atoms with E-state index in [1.54, 1.807) is 28.2 Å². The molecule has 3 nitrogen and oxygen atoms in total. The van der Waals surface area contributed by atoms with Crippen molar-refractivity contribution in [1.82, 2.24) is 9.78 Å². The first-order chi connectivity index (χ1) is 9.61. The van der Waals surface area contributed by atoms with Gasteiger partial charge in [0.1, 0.15) is 11.5 Å². The fraction of sp³-hybridized carbons (Fsp3) is 0.133. The molecule has 5 heteroatoms. The highest BCUT2D eigenvalue weighted by Gasteiger charge is 2.10. The van der Waals surface area contributed by atoms with Gasteiger partial charge in [-0.15, -0.1) is 11.3 Å². The summed E-state index contributed by atoms with van der Waals surface area (Å²) >= 11 is 1.67. The van der Waals surface area contributed by atoms with Gasteiger partial charge in [0.05, 0.1) is 17.1 Å². The Morgan fingerprint density at radius 3 is 2.60 bits per heavy atom. The average Bonchev–Trinajstić information content (AvgIpc) is 2.98. The Balaban J connectivity index is 1.87. The molecule has 3 aromatic rings. The molecule has 2 heterocycles. The van der Waals surface area contributed by atoms with Gasteiger partial charge in [0.25, 0.3) is 0 Å². The molecule has 0 atom stereocenters. The predicted octanol–water partition coefficient (Wildman–Crippen LogP) is 3.69. The first kappa shape index (κ1) is 12.9. The lowest BCUT2D eigenvalue weighted by atomic mass is 10.2. The number of hydrogen-bond donors (Lipinski definition) is 1. The molecular formula is C15H14FN3S. The van der Waals surface area contributed by atoms with E-state index >= 15 is 0 Å². The second-order valence-electron chi connectivity index (χ2n) is 4.67. The summed E-state index contributed by atoms with van der Waals surface area (Å²) in [4.78, 5) is 2.30. The van der Waals surface area contributed by atoms with Gasteiger partial charge in [-0.25, -0.2) is 4.39 Å². The molecule has 0 amide bonds. The molecule has 0 aliphatic carbocycles. The summed E-state index contributed by atoms with van der Waals surface area (Å²) in [7, 11) is 0. The zero-order valence-electron chi connectivity index (χ0n) is 11.0. The summed E-state index contributed by atoms with van der Waals surface area (Å²) in [6.07, 6.45) is 1.81. The Kier molecular flexibility index (Phi) is 3.28. The number of aryl methyl sites for hydroxylation is 1. The molecule has 0 radical (unpaired) electrons. The van der Waals surface area contributed by atoms with Crippen molar-refractivity contribution in [2.24, 2.45) is 0 Å². The van der Waals surface area contributed by atoms with Gasteiger partial charge in [-0.1, -0.05) is 12.1 Å². The van der Waals surface area contributed by atoms with E-state index in [0.717, 1.165) is 16.1 Å². The second kappa shape index (κ2) is 5.09. The Morgan fingerprint density at radius 2 is 1.95 bits per heavy atom. The van der Waals surface area contributed by atoms with Crippen LogP contribution in [0.3, 0.4) is 0 Å². The monoisotopic (exact) mass is 287 g/mol. The standard InChI is InChI=1S/C15H14FN3S/c1-10-2-7-14(20-10)15-13(17)9-19(18-15)8-11-3-5-12(16)6-4-11/h2-7,9H,8,17H2,1H3. The fourth-order valence-electron chi connectivity index (χ4n) is 2.05. The number of hydrogen-bond acceptors (Lipinski definition) is 3. The van der Waals surface area contributed by atoms with Gasteiger partial charge in [0, 0.05) is 11.1 Å². The molecule has 0 fully saturated rings. The summed E-state index contributed by atoms with van der Waals surface area (Å²) < 4.78 is 14.7. The zero-order chi connectivity index (χ0) is 14.1. The van der Waals surface area contributed by atoms with E-state index in [9.17, 15) is 4.39 Å². The van der Waals surface area contributed by atoms with Crippen LogP contribution in [0.1, 0.15) is 10.4 Å². The third kappa shape index (κ3) is 2.58. The zero-order valence-corrected chi connectivity index (χ0v) is 11.8. The van der Waals surface area contributed by atoms with E-state index in [0.29, 0.717) is 12.2 Å². The number of nitrogen functional groups attached to an aromatic ring is 1. The minimum atomic E-state index is -0.233. The minimum Gasteiger partial charge on any atom is -0.396 e. The largest absolute Gasteiger partial charge is 0.396 e. The Hall–Kier alpha value is -2.14. The van der Waals surface area contributed by atoms with Crippen LogP contribution in [0.25, 0.3) is 10.6 Å². The van der Waals surface area contributed by atoms with Gasteiger partial charge >= 0.3 is 0 Å². The van der Waals surface area contributed by atoms with Crippen LogP contribution in [-0.4, -0.2) is 9.78 Å². The molecule has 0 spiro atoms. The van der Waals surface area contributed by atoms with Crippen molar-refractivity contribution in [2.45, 2.75) is 13.5 Å². The highest BCUT2D eigenvalue weighted by molar-refractivity contribution is 7.15. The Morgan fingerprint density at radius 1 is 1.20 bits per heavy atom. The van der Waals surface area contributed by atoms with Crippen LogP contribution < -0.4 is 5.73 Å². The van der Waals surface area contributed by atoms with E-state index in [4.69, 9.17) is 5.73 Å². The van der Waals surface area contributed by atoms with Crippen LogP contribution in [0.4, 0.5) is 10.1 Å². The van der Waals surface area contributed by atoms with Crippen molar-refractivity contribution >= 4 is 17.0 Å². The van der Waals surface area contributed by atoms with Crippen molar-refractivity contribution in [3.63, 3.8) is 0 Å². The molecule has 20 heavy (non-hydrogen) atoms. The first-order valence-electron chi connectivity index (χ1n) is 6.26. The van der Waals surface area contributed by atoms with Crippen LogP contribution in [0.5, 0.6) is 0 Å². The normalized spacial score (nSPS) is 10.9. The summed E-state index contributed by atoms with van der Waals surface area (Å²) in [5.41, 5.74) is 8.48. The molecule has 0 saturated carbocycles. The van der Waals surface area contributed by atoms with Gasteiger partial charge in [0.15, 0.2) is 0 Å². The molecule has 0 saturated heterocycles. The minimum absolute atomic E-state index is 0.233. The summed E-state index contributed by atoms with van der Waals surface area (Å²) in [6, 6.07) is 10.5. The number of halogens is 1. The SMILES string of the molecule is Cc1ccc(-c2nn(Cc3ccc(F)cc3)cc2N)s1. The fourth-order valence-corrected chi connectivity index (χ4v) is 2.92. The quantitative estimate of drug-likeness (QED) is 0.798. The molecule has 0 unspecified atom stereocenters. The molecule has 0 aliphatic rings. The molecule has 2 N–H and O–H groups in total. The molecule has 0 bridgehead atoms. The topological polar surface area (TPSA) is 43.8 Å². The number of aromatic nitrogens is 2. The van der Waals surface area contributed by atoms with E-state index in [1.165, 1.54) is 17.0 Å². The van der Waals surface area contributed by atoms with Crippen LogP contribution in [-0.2, 0) is 6.54 Å². The summed E-state index contributed by atoms with van der Waals surface area (Å²) in [6.45, 7) is 2.63. The molecule has 2 aromatic heterocycles. The number of nitrogens with zero attached hydrogens (tertiary/aromatic N) is 2. The van der Waals surface area contributed by atoms with Crippen molar-refractivity contribution in [2.75, 3.05) is 5.73 Å². The third-order valence-corrected chi connectivity index (χ3v) is 4.03. The third-order valence-electron chi connectivity index (χ3n) is 3.02. The molecule has 1 aromatic carbocycles.